The number of alkyl halides is 3. The largest absolute Gasteiger partial charge is 0.416 e. The topological polar surface area (TPSA) is 62.7 Å². The van der Waals surface area contributed by atoms with Crippen LogP contribution in [0, 0.1) is 6.92 Å². The number of hydrogen-bond acceptors (Lipinski definition) is 5. The number of hydrogen-bond donors (Lipinski definition) is 2. The zero-order chi connectivity index (χ0) is 20.3. The second-order valence-corrected chi connectivity index (χ2v) is 6.60. The third-order valence-corrected chi connectivity index (χ3v) is 4.02. The average molecular weight is 387 g/mol. The van der Waals surface area contributed by atoms with Crippen LogP contribution in [0.15, 0.2) is 48.8 Å². The fraction of sp³-hybridized carbons (Fsp3) is 0.250. The molecule has 2 heterocycles. The number of anilines is 3. The average Bonchev–Trinajstić information content (AvgIpc) is 2.62. The van der Waals surface area contributed by atoms with Crippen LogP contribution in [0.4, 0.5) is 30.6 Å². The van der Waals surface area contributed by atoms with E-state index in [-0.39, 0.29) is 11.6 Å². The summed E-state index contributed by atoms with van der Waals surface area (Å²) in [7, 11) is 0. The van der Waals surface area contributed by atoms with Crippen molar-refractivity contribution in [1.29, 1.82) is 0 Å². The van der Waals surface area contributed by atoms with Crippen molar-refractivity contribution in [2.24, 2.45) is 0 Å². The summed E-state index contributed by atoms with van der Waals surface area (Å²) in [4.78, 5) is 12.9. The molecule has 0 aliphatic carbocycles. The van der Waals surface area contributed by atoms with Gasteiger partial charge in [0.1, 0.15) is 5.82 Å². The molecule has 0 saturated heterocycles. The van der Waals surface area contributed by atoms with E-state index in [1.165, 1.54) is 13.0 Å². The van der Waals surface area contributed by atoms with E-state index >= 15 is 0 Å². The highest BCUT2D eigenvalue weighted by Crippen LogP contribution is 2.35. The molecule has 28 heavy (non-hydrogen) atoms. The van der Waals surface area contributed by atoms with Gasteiger partial charge in [-0.3, -0.25) is 4.98 Å². The lowest BCUT2D eigenvalue weighted by atomic mass is 10.1. The van der Waals surface area contributed by atoms with Gasteiger partial charge in [0.05, 0.1) is 11.3 Å². The molecule has 5 nitrogen and oxygen atoms in total. The Labute approximate surface area is 161 Å². The van der Waals surface area contributed by atoms with Gasteiger partial charge in [-0.1, -0.05) is 6.07 Å². The number of nitrogens with zero attached hydrogens (tertiary/aromatic N) is 3. The van der Waals surface area contributed by atoms with E-state index in [4.69, 9.17) is 0 Å². The third kappa shape index (κ3) is 4.57. The Balaban J connectivity index is 2.02. The molecule has 0 amide bonds. The molecule has 1 aromatic carbocycles. The monoisotopic (exact) mass is 387 g/mol. The fourth-order valence-electron chi connectivity index (χ4n) is 2.72. The van der Waals surface area contributed by atoms with Crippen LogP contribution in [0.3, 0.4) is 0 Å². The van der Waals surface area contributed by atoms with E-state index < -0.39 is 11.7 Å². The van der Waals surface area contributed by atoms with Crippen molar-refractivity contribution in [3.63, 3.8) is 0 Å². The third-order valence-electron chi connectivity index (χ3n) is 4.02. The van der Waals surface area contributed by atoms with Crippen molar-refractivity contribution >= 4 is 17.5 Å². The predicted molar refractivity (Wildman–Crippen MR) is 103 cm³/mol. The summed E-state index contributed by atoms with van der Waals surface area (Å²) < 4.78 is 39.6. The Morgan fingerprint density at radius 3 is 2.36 bits per heavy atom. The molecule has 0 atom stereocenters. The van der Waals surface area contributed by atoms with E-state index in [2.05, 4.69) is 25.6 Å². The Morgan fingerprint density at radius 2 is 1.71 bits per heavy atom. The molecule has 0 fully saturated rings. The summed E-state index contributed by atoms with van der Waals surface area (Å²) in [5, 5.41) is 6.14. The normalized spacial score (nSPS) is 11.5. The van der Waals surface area contributed by atoms with Crippen LogP contribution in [0.1, 0.15) is 25.0 Å². The van der Waals surface area contributed by atoms with Crippen molar-refractivity contribution in [3.05, 3.63) is 59.9 Å². The quantitative estimate of drug-likeness (QED) is 0.611. The lowest BCUT2D eigenvalue weighted by Crippen LogP contribution is -2.14. The molecular formula is C20H20F3N5. The smallest absolute Gasteiger partial charge is 0.352 e. The standard InChI is InChI=1S/C20H20F3N5/c1-12(2)25-19-27-17(14-7-9-24-10-8-14)11-18(28-19)26-16-6-4-5-15(13(16)3)20(21,22)23/h4-12H,1-3H3,(H2,25,26,27,28). The first-order chi connectivity index (χ1) is 13.2. The number of benzene rings is 1. The van der Waals surface area contributed by atoms with E-state index in [1.54, 1.807) is 36.7 Å². The highest BCUT2D eigenvalue weighted by molar-refractivity contribution is 5.69. The number of pyridine rings is 1. The number of halogens is 3. The Kier molecular flexibility index (Phi) is 5.48. The molecule has 146 valence electrons. The van der Waals surface area contributed by atoms with E-state index in [9.17, 15) is 13.2 Å². The SMILES string of the molecule is Cc1c(Nc2cc(-c3ccncc3)nc(NC(C)C)n2)cccc1C(F)(F)F. The Hall–Kier alpha value is -3.16. The minimum Gasteiger partial charge on any atom is -0.352 e. The van der Waals surface area contributed by atoms with Gasteiger partial charge in [-0.05, 0) is 50.6 Å². The molecule has 2 aromatic heterocycles. The van der Waals surface area contributed by atoms with Crippen LogP contribution < -0.4 is 10.6 Å². The zero-order valence-corrected chi connectivity index (χ0v) is 15.7. The summed E-state index contributed by atoms with van der Waals surface area (Å²) in [5.74, 6) is 0.781. The van der Waals surface area contributed by atoms with Gasteiger partial charge in [-0.15, -0.1) is 0 Å². The van der Waals surface area contributed by atoms with Crippen LogP contribution in [-0.4, -0.2) is 21.0 Å². The lowest BCUT2D eigenvalue weighted by molar-refractivity contribution is -0.138. The maximum atomic E-state index is 13.2. The summed E-state index contributed by atoms with van der Waals surface area (Å²) >= 11 is 0. The first-order valence-corrected chi connectivity index (χ1v) is 8.74. The minimum absolute atomic E-state index is 0.0934. The zero-order valence-electron chi connectivity index (χ0n) is 15.7. The summed E-state index contributed by atoms with van der Waals surface area (Å²) in [6, 6.07) is 9.43. The van der Waals surface area contributed by atoms with Gasteiger partial charge in [-0.2, -0.15) is 18.2 Å². The molecule has 3 rings (SSSR count). The number of aromatic nitrogens is 3. The van der Waals surface area contributed by atoms with Gasteiger partial charge < -0.3 is 10.6 Å². The van der Waals surface area contributed by atoms with Crippen molar-refractivity contribution in [1.82, 2.24) is 15.0 Å². The van der Waals surface area contributed by atoms with Crippen molar-refractivity contribution in [2.75, 3.05) is 10.6 Å². The van der Waals surface area contributed by atoms with Crippen LogP contribution in [-0.2, 0) is 6.18 Å². The van der Waals surface area contributed by atoms with Crippen LogP contribution in [0.25, 0.3) is 11.3 Å². The van der Waals surface area contributed by atoms with Gasteiger partial charge in [-0.25, -0.2) is 4.98 Å². The molecule has 0 saturated carbocycles. The first kappa shape index (κ1) is 19.6. The fourth-order valence-corrected chi connectivity index (χ4v) is 2.72. The molecule has 0 bridgehead atoms. The van der Waals surface area contributed by atoms with E-state index in [0.717, 1.165) is 11.6 Å². The molecule has 3 aromatic rings. The number of rotatable bonds is 5. The highest BCUT2D eigenvalue weighted by Gasteiger charge is 2.32. The molecule has 2 N–H and O–H groups in total. The maximum Gasteiger partial charge on any atom is 0.416 e. The lowest BCUT2D eigenvalue weighted by Gasteiger charge is -2.16. The molecule has 0 unspecified atom stereocenters. The highest BCUT2D eigenvalue weighted by atomic mass is 19.4. The second-order valence-electron chi connectivity index (χ2n) is 6.60. The maximum absolute atomic E-state index is 13.2. The molecule has 0 aliphatic rings. The molecule has 0 aliphatic heterocycles. The van der Waals surface area contributed by atoms with Crippen molar-refractivity contribution in [2.45, 2.75) is 33.0 Å². The van der Waals surface area contributed by atoms with Crippen LogP contribution in [0.5, 0.6) is 0 Å². The van der Waals surface area contributed by atoms with Crippen LogP contribution in [0.2, 0.25) is 0 Å². The van der Waals surface area contributed by atoms with Crippen molar-refractivity contribution < 1.29 is 13.2 Å². The number of nitrogens with one attached hydrogen (secondary N) is 2. The Morgan fingerprint density at radius 1 is 1.00 bits per heavy atom. The predicted octanol–water partition coefficient (Wildman–Crippen LogP) is 5.43. The molecule has 0 radical (unpaired) electrons. The van der Waals surface area contributed by atoms with Gasteiger partial charge in [0.2, 0.25) is 5.95 Å². The van der Waals surface area contributed by atoms with E-state index in [1.807, 2.05) is 13.8 Å². The van der Waals surface area contributed by atoms with Gasteiger partial charge in [0.25, 0.3) is 0 Å². The second kappa shape index (κ2) is 7.84. The van der Waals surface area contributed by atoms with E-state index in [0.29, 0.717) is 23.1 Å². The van der Waals surface area contributed by atoms with Gasteiger partial charge in [0.15, 0.2) is 0 Å². The first-order valence-electron chi connectivity index (χ1n) is 8.74. The van der Waals surface area contributed by atoms with Gasteiger partial charge in [0, 0.05) is 35.8 Å². The van der Waals surface area contributed by atoms with Crippen molar-refractivity contribution in [3.8, 4) is 11.3 Å². The molecular weight excluding hydrogens is 367 g/mol. The molecule has 0 spiro atoms. The summed E-state index contributed by atoms with van der Waals surface area (Å²) in [6.45, 7) is 5.34. The van der Waals surface area contributed by atoms with Gasteiger partial charge >= 0.3 is 6.18 Å². The minimum atomic E-state index is -4.42. The van der Waals surface area contributed by atoms with Crippen LogP contribution >= 0.6 is 0 Å². The summed E-state index contributed by atoms with van der Waals surface area (Å²) in [6.07, 6.45) is -1.12. The molecule has 8 heteroatoms. The summed E-state index contributed by atoms with van der Waals surface area (Å²) in [5.41, 5.74) is 1.23. The Bertz CT molecular complexity index is 956.